The molecule has 8 heteroatoms. The van der Waals surface area contributed by atoms with Crippen LogP contribution in [0.4, 0.5) is 5.69 Å². The van der Waals surface area contributed by atoms with Gasteiger partial charge in [-0.25, -0.2) is 4.79 Å². The topological polar surface area (TPSA) is 79.6 Å². The zero-order chi connectivity index (χ0) is 23.7. The summed E-state index contributed by atoms with van der Waals surface area (Å²) in [5.74, 6) is -0.209. The number of hydrogen-bond donors (Lipinski definition) is 2. The molecule has 1 aliphatic heterocycles. The smallest absolute Gasteiger partial charge is 0.335 e. The Hall–Kier alpha value is -4.17. The first-order valence-electron chi connectivity index (χ1n) is 10.7. The number of benzene rings is 2. The molecule has 170 valence electrons. The number of carboxylic acids is 1. The zero-order valence-electron chi connectivity index (χ0n) is 18.3. The minimum absolute atomic E-state index is 0.216. The van der Waals surface area contributed by atoms with Crippen molar-refractivity contribution in [3.8, 4) is 11.4 Å². The number of hydrogen-bond acceptors (Lipinski definition) is 4. The molecule has 0 bridgehead atoms. The van der Waals surface area contributed by atoms with E-state index in [1.165, 1.54) is 0 Å². The average molecular weight is 471 g/mol. The van der Waals surface area contributed by atoms with Gasteiger partial charge in [-0.05, 0) is 78.9 Å². The Labute approximate surface area is 202 Å². The number of methoxy groups -OCH3 is 1. The summed E-state index contributed by atoms with van der Waals surface area (Å²) in [4.78, 5) is 18.2. The van der Waals surface area contributed by atoms with Gasteiger partial charge in [0.05, 0.1) is 24.4 Å². The van der Waals surface area contributed by atoms with E-state index in [-0.39, 0.29) is 17.6 Å². The van der Waals surface area contributed by atoms with Crippen LogP contribution in [-0.4, -0.2) is 32.8 Å². The summed E-state index contributed by atoms with van der Waals surface area (Å²) in [7, 11) is 1.63. The summed E-state index contributed by atoms with van der Waals surface area (Å²) in [5, 5.41) is 13.5. The minimum Gasteiger partial charge on any atom is -0.497 e. The Kier molecular flexibility index (Phi) is 5.73. The molecular weight excluding hydrogens is 448 g/mol. The Morgan fingerprint density at radius 1 is 1.03 bits per heavy atom. The van der Waals surface area contributed by atoms with Crippen molar-refractivity contribution in [3.63, 3.8) is 0 Å². The van der Waals surface area contributed by atoms with Crippen LogP contribution in [0.2, 0.25) is 0 Å². The molecule has 7 nitrogen and oxygen atoms in total. The monoisotopic (exact) mass is 470 g/mol. The fraction of sp³-hybridized carbons (Fsp3) is 0.115. The van der Waals surface area contributed by atoms with Crippen LogP contribution in [-0.2, 0) is 0 Å². The second-order valence-electron chi connectivity index (χ2n) is 7.85. The fourth-order valence-electron chi connectivity index (χ4n) is 4.34. The second-order valence-corrected chi connectivity index (χ2v) is 8.24. The van der Waals surface area contributed by atoms with Crippen LogP contribution in [0.1, 0.15) is 33.8 Å². The molecule has 2 aromatic heterocycles. The molecule has 5 rings (SSSR count). The molecule has 1 saturated heterocycles. The molecule has 1 aliphatic rings. The molecule has 2 N–H and O–H groups in total. The van der Waals surface area contributed by atoms with Crippen LogP contribution in [0.3, 0.4) is 0 Å². The molecule has 0 aliphatic carbocycles. The number of ether oxygens (including phenoxy) is 1. The number of pyridine rings is 1. The van der Waals surface area contributed by atoms with Crippen molar-refractivity contribution in [2.45, 2.75) is 12.1 Å². The van der Waals surface area contributed by atoms with E-state index in [0.717, 1.165) is 28.5 Å². The molecule has 3 heterocycles. The number of rotatable bonds is 6. The predicted octanol–water partition coefficient (Wildman–Crippen LogP) is 4.76. The molecule has 0 saturated carbocycles. The highest BCUT2D eigenvalue weighted by atomic mass is 32.1. The van der Waals surface area contributed by atoms with E-state index in [1.54, 1.807) is 31.5 Å². The Bertz CT molecular complexity index is 1340. The molecule has 0 spiro atoms. The first-order valence-corrected chi connectivity index (χ1v) is 11.1. The summed E-state index contributed by atoms with van der Waals surface area (Å²) in [6.07, 6.45) is 3.70. The molecule has 34 heavy (non-hydrogen) atoms. The highest BCUT2D eigenvalue weighted by Crippen LogP contribution is 2.42. The first-order chi connectivity index (χ1) is 16.6. The number of carbonyl (C=O) groups is 1. The van der Waals surface area contributed by atoms with Gasteiger partial charge in [0.2, 0.25) is 0 Å². The van der Waals surface area contributed by atoms with Gasteiger partial charge >= 0.3 is 5.97 Å². The third-order valence-corrected chi connectivity index (χ3v) is 6.22. The van der Waals surface area contributed by atoms with Gasteiger partial charge in [-0.2, -0.15) is 0 Å². The summed E-state index contributed by atoms with van der Waals surface area (Å²) in [5.41, 5.74) is 3.70. The summed E-state index contributed by atoms with van der Waals surface area (Å²) in [6, 6.07) is 24.0. The van der Waals surface area contributed by atoms with Gasteiger partial charge in [0, 0.05) is 29.5 Å². The molecule has 4 aromatic rings. The van der Waals surface area contributed by atoms with E-state index < -0.39 is 5.97 Å². The maximum atomic E-state index is 11.6. The van der Waals surface area contributed by atoms with Gasteiger partial charge in [0.1, 0.15) is 11.8 Å². The lowest BCUT2D eigenvalue weighted by Crippen LogP contribution is -2.30. The number of carboxylic acid groups (broad SMARTS) is 1. The largest absolute Gasteiger partial charge is 0.497 e. The molecule has 0 unspecified atom stereocenters. The van der Waals surface area contributed by atoms with Gasteiger partial charge in [0.15, 0.2) is 5.11 Å². The quantitative estimate of drug-likeness (QED) is 0.394. The molecule has 1 fully saturated rings. The normalized spacial score (nSPS) is 17.4. The van der Waals surface area contributed by atoms with Crippen LogP contribution in [0.5, 0.6) is 5.75 Å². The lowest BCUT2D eigenvalue weighted by atomic mass is 10.0. The third-order valence-electron chi connectivity index (χ3n) is 5.90. The number of thiocarbonyl (C=S) groups is 1. The number of aromatic carboxylic acids is 1. The lowest BCUT2D eigenvalue weighted by Gasteiger charge is -2.29. The van der Waals surface area contributed by atoms with E-state index in [4.69, 9.17) is 17.0 Å². The Balaban J connectivity index is 1.65. The first kappa shape index (κ1) is 21.7. The highest BCUT2D eigenvalue weighted by Gasteiger charge is 2.42. The summed E-state index contributed by atoms with van der Waals surface area (Å²) >= 11 is 5.80. The van der Waals surface area contributed by atoms with Crippen LogP contribution in [0, 0.1) is 0 Å². The lowest BCUT2D eigenvalue weighted by molar-refractivity contribution is 0.0697. The van der Waals surface area contributed by atoms with E-state index in [2.05, 4.69) is 15.2 Å². The van der Waals surface area contributed by atoms with Crippen molar-refractivity contribution < 1.29 is 14.6 Å². The van der Waals surface area contributed by atoms with Gasteiger partial charge < -0.3 is 24.6 Å². The number of anilines is 1. The molecular formula is C26H22N4O3S. The third kappa shape index (κ3) is 3.88. The fourth-order valence-corrected chi connectivity index (χ4v) is 4.68. The summed E-state index contributed by atoms with van der Waals surface area (Å²) in [6.45, 7) is 0. The van der Waals surface area contributed by atoms with Crippen LogP contribution in [0.25, 0.3) is 5.69 Å². The van der Waals surface area contributed by atoms with Gasteiger partial charge in [0.25, 0.3) is 0 Å². The second kappa shape index (κ2) is 8.99. The van der Waals surface area contributed by atoms with E-state index >= 15 is 0 Å². The van der Waals surface area contributed by atoms with E-state index in [9.17, 15) is 9.90 Å². The number of nitrogens with one attached hydrogen (secondary N) is 1. The number of nitrogens with zero attached hydrogens (tertiary/aromatic N) is 3. The zero-order valence-corrected chi connectivity index (χ0v) is 19.1. The number of aromatic nitrogens is 2. The van der Waals surface area contributed by atoms with E-state index in [1.807, 2.05) is 71.4 Å². The summed E-state index contributed by atoms with van der Waals surface area (Å²) < 4.78 is 7.33. The SMILES string of the molecule is COc1ccc(N2C(=S)N[C@@H](c3ccccn3)[C@H]2c2cccn2-c2cccc(C(=O)O)c2)cc1. The van der Waals surface area contributed by atoms with Crippen molar-refractivity contribution in [1.82, 2.24) is 14.9 Å². The Morgan fingerprint density at radius 2 is 1.85 bits per heavy atom. The van der Waals surface area contributed by atoms with Crippen molar-refractivity contribution >= 4 is 29.0 Å². The van der Waals surface area contributed by atoms with Crippen LogP contribution in [0.15, 0.2) is 91.3 Å². The molecule has 2 atom stereocenters. The maximum absolute atomic E-state index is 11.6. The van der Waals surface area contributed by atoms with Crippen LogP contribution < -0.4 is 15.0 Å². The van der Waals surface area contributed by atoms with Crippen LogP contribution >= 0.6 is 12.2 Å². The van der Waals surface area contributed by atoms with Crippen molar-refractivity contribution in [2.75, 3.05) is 12.0 Å². The molecule has 0 amide bonds. The van der Waals surface area contributed by atoms with Crippen molar-refractivity contribution in [1.29, 1.82) is 0 Å². The average Bonchev–Trinajstić information content (AvgIpc) is 3.49. The van der Waals surface area contributed by atoms with E-state index in [0.29, 0.717) is 5.11 Å². The van der Waals surface area contributed by atoms with Crippen molar-refractivity contribution in [3.05, 3.63) is 108 Å². The highest BCUT2D eigenvalue weighted by molar-refractivity contribution is 7.80. The van der Waals surface area contributed by atoms with Gasteiger partial charge in [-0.15, -0.1) is 0 Å². The van der Waals surface area contributed by atoms with Crippen molar-refractivity contribution in [2.24, 2.45) is 0 Å². The maximum Gasteiger partial charge on any atom is 0.335 e. The standard InChI is InChI=1S/C26H22N4O3S/c1-33-20-12-10-18(11-13-20)30-24(23(28-26(30)34)21-8-2-3-14-27-21)22-9-5-15-29(22)19-7-4-6-17(16-19)25(31)32/h2-16,23-24H,1H3,(H,28,34)(H,31,32)/t23-,24+/m0/s1. The van der Waals surface area contributed by atoms with Gasteiger partial charge in [-0.3, -0.25) is 4.98 Å². The van der Waals surface area contributed by atoms with Gasteiger partial charge in [-0.1, -0.05) is 12.1 Å². The minimum atomic E-state index is -0.967. The molecule has 2 aromatic carbocycles. The Morgan fingerprint density at radius 3 is 2.56 bits per heavy atom. The predicted molar refractivity (Wildman–Crippen MR) is 134 cm³/mol. The molecule has 0 radical (unpaired) electrons.